The molecule has 0 atom stereocenters. The Morgan fingerprint density at radius 1 is 1.03 bits per heavy atom. The predicted molar refractivity (Wildman–Crippen MR) is 124 cm³/mol. The molecule has 0 bridgehead atoms. The van der Waals surface area contributed by atoms with Crippen molar-refractivity contribution in [2.75, 3.05) is 11.1 Å². The maximum Gasteiger partial charge on any atom is 0.332 e. The summed E-state index contributed by atoms with van der Waals surface area (Å²) < 4.78 is 31.0. The molecule has 0 saturated carbocycles. The van der Waals surface area contributed by atoms with E-state index in [1.807, 2.05) is 0 Å². The summed E-state index contributed by atoms with van der Waals surface area (Å²) in [6, 6.07) is 10.3. The fraction of sp³-hybridized carbons (Fsp3) is 0.136. The molecule has 2 aromatic heterocycles. The summed E-state index contributed by atoms with van der Waals surface area (Å²) in [5.74, 6) is -2.66. The molecule has 0 saturated heterocycles. The third-order valence-corrected chi connectivity index (χ3v) is 5.96. The second kappa shape index (κ2) is 9.06. The van der Waals surface area contributed by atoms with Crippen molar-refractivity contribution in [2.45, 2.75) is 5.16 Å². The van der Waals surface area contributed by atoms with Gasteiger partial charge in [0.05, 0.1) is 22.3 Å². The number of nitrogens with zero attached hydrogens (tertiary/aromatic N) is 4. The molecule has 9 nitrogen and oxygen atoms in total. The largest absolute Gasteiger partial charge is 0.332 e. The zero-order valence-corrected chi connectivity index (χ0v) is 18.7. The van der Waals surface area contributed by atoms with E-state index >= 15 is 0 Å². The molecule has 4 aromatic rings. The Balaban J connectivity index is 1.71. The quantitative estimate of drug-likeness (QED) is 0.341. The second-order valence-electron chi connectivity index (χ2n) is 7.25. The molecule has 4 rings (SSSR count). The Hall–Kier alpha value is -4.06. The highest BCUT2D eigenvalue weighted by atomic mass is 32.2. The highest BCUT2D eigenvalue weighted by Gasteiger charge is 2.18. The first kappa shape index (κ1) is 23.1. The van der Waals surface area contributed by atoms with Crippen LogP contribution in [0.5, 0.6) is 0 Å². The van der Waals surface area contributed by atoms with E-state index in [9.17, 15) is 28.0 Å². The van der Waals surface area contributed by atoms with Gasteiger partial charge in [-0.15, -0.1) is 0 Å². The molecule has 2 aromatic carbocycles. The number of aromatic nitrogens is 4. The number of rotatable bonds is 5. The lowest BCUT2D eigenvalue weighted by atomic mass is 10.2. The summed E-state index contributed by atoms with van der Waals surface area (Å²) in [6.45, 7) is 0. The van der Waals surface area contributed by atoms with Gasteiger partial charge in [-0.3, -0.25) is 28.1 Å². The summed E-state index contributed by atoms with van der Waals surface area (Å²) >= 11 is 0.837. The van der Waals surface area contributed by atoms with Crippen LogP contribution in [0.15, 0.2) is 68.1 Å². The van der Waals surface area contributed by atoms with Crippen molar-refractivity contribution < 1.29 is 13.6 Å². The number of anilines is 1. The van der Waals surface area contributed by atoms with E-state index in [0.29, 0.717) is 11.6 Å². The fourth-order valence-electron chi connectivity index (χ4n) is 3.25. The van der Waals surface area contributed by atoms with E-state index in [1.165, 1.54) is 20.2 Å². The highest BCUT2D eigenvalue weighted by Crippen LogP contribution is 2.23. The molecule has 0 unspecified atom stereocenters. The number of benzene rings is 2. The standard InChI is InChI=1S/C22H17F2N5O4S/c1-27-17(10-19(31)28(2)22(27)33)26-18(30)11-34-21-25-15-6-4-3-5-13(15)20(32)29(21)16-8-7-12(23)9-14(16)24/h3-10H,11H2,1-2H3,(H,26,30). The lowest BCUT2D eigenvalue weighted by Gasteiger charge is -2.14. The van der Waals surface area contributed by atoms with Crippen LogP contribution in [0.4, 0.5) is 14.6 Å². The van der Waals surface area contributed by atoms with Crippen LogP contribution in [-0.2, 0) is 18.9 Å². The van der Waals surface area contributed by atoms with Gasteiger partial charge in [0.25, 0.3) is 11.1 Å². The number of halogens is 2. The van der Waals surface area contributed by atoms with Crippen molar-refractivity contribution in [3.05, 3.63) is 91.4 Å². The Morgan fingerprint density at radius 3 is 2.50 bits per heavy atom. The van der Waals surface area contributed by atoms with Gasteiger partial charge in [0, 0.05) is 26.2 Å². The average Bonchev–Trinajstić information content (AvgIpc) is 2.81. The van der Waals surface area contributed by atoms with Gasteiger partial charge < -0.3 is 5.32 Å². The first-order valence-electron chi connectivity index (χ1n) is 9.84. The second-order valence-corrected chi connectivity index (χ2v) is 8.20. The van der Waals surface area contributed by atoms with Crippen molar-refractivity contribution in [1.29, 1.82) is 0 Å². The molecule has 174 valence electrons. The van der Waals surface area contributed by atoms with Crippen LogP contribution < -0.4 is 22.1 Å². The van der Waals surface area contributed by atoms with Crippen molar-refractivity contribution in [1.82, 2.24) is 18.7 Å². The molecule has 0 aliphatic rings. The third-order valence-electron chi connectivity index (χ3n) is 5.02. The van der Waals surface area contributed by atoms with E-state index in [4.69, 9.17) is 0 Å². The van der Waals surface area contributed by atoms with Crippen LogP contribution in [0.2, 0.25) is 0 Å². The van der Waals surface area contributed by atoms with Gasteiger partial charge in [0.1, 0.15) is 17.5 Å². The summed E-state index contributed by atoms with van der Waals surface area (Å²) in [7, 11) is 2.70. The topological polar surface area (TPSA) is 108 Å². The van der Waals surface area contributed by atoms with Crippen molar-refractivity contribution >= 4 is 34.4 Å². The average molecular weight is 485 g/mol. The summed E-state index contributed by atoms with van der Waals surface area (Å²) in [5.41, 5.74) is -1.69. The number of hydrogen-bond donors (Lipinski definition) is 1. The van der Waals surface area contributed by atoms with E-state index < -0.39 is 34.3 Å². The number of thioether (sulfide) groups is 1. The number of amides is 1. The van der Waals surface area contributed by atoms with Crippen molar-refractivity contribution in [2.24, 2.45) is 14.1 Å². The monoisotopic (exact) mass is 485 g/mol. The van der Waals surface area contributed by atoms with Crippen LogP contribution in [0.3, 0.4) is 0 Å². The number of nitrogens with one attached hydrogen (secondary N) is 1. The van der Waals surface area contributed by atoms with E-state index in [2.05, 4.69) is 10.3 Å². The van der Waals surface area contributed by atoms with Crippen molar-refractivity contribution in [3.63, 3.8) is 0 Å². The fourth-order valence-corrected chi connectivity index (χ4v) is 4.05. The van der Waals surface area contributed by atoms with Gasteiger partial charge in [0.15, 0.2) is 5.16 Å². The summed E-state index contributed by atoms with van der Waals surface area (Å²) in [5, 5.41) is 2.69. The Labute approximate surface area is 194 Å². The molecule has 0 aliphatic carbocycles. The maximum absolute atomic E-state index is 14.6. The number of hydrogen-bond acceptors (Lipinski definition) is 6. The Bertz CT molecular complexity index is 1630. The number of carbonyl (C=O) groups is 1. The van der Waals surface area contributed by atoms with Crippen LogP contribution in [0.1, 0.15) is 0 Å². The SMILES string of the molecule is Cn1c(NC(=O)CSc2nc3ccccc3c(=O)n2-c2ccc(F)cc2F)cc(=O)n(C)c1=O. The minimum Gasteiger partial charge on any atom is -0.311 e. The van der Waals surface area contributed by atoms with Gasteiger partial charge in [0.2, 0.25) is 5.91 Å². The first-order chi connectivity index (χ1) is 16.2. The molecule has 0 aliphatic heterocycles. The zero-order valence-electron chi connectivity index (χ0n) is 17.9. The predicted octanol–water partition coefficient (Wildman–Crippen LogP) is 1.79. The Morgan fingerprint density at radius 2 is 1.76 bits per heavy atom. The van der Waals surface area contributed by atoms with Gasteiger partial charge in [-0.2, -0.15) is 0 Å². The molecule has 34 heavy (non-hydrogen) atoms. The van der Waals surface area contributed by atoms with Crippen LogP contribution in [0, 0.1) is 11.6 Å². The highest BCUT2D eigenvalue weighted by molar-refractivity contribution is 7.99. The number of carbonyl (C=O) groups excluding carboxylic acids is 1. The van der Waals surface area contributed by atoms with Gasteiger partial charge in [-0.1, -0.05) is 23.9 Å². The zero-order chi connectivity index (χ0) is 24.6. The van der Waals surface area contributed by atoms with E-state index in [1.54, 1.807) is 18.2 Å². The molecular weight excluding hydrogens is 468 g/mol. The van der Waals surface area contributed by atoms with Gasteiger partial charge in [-0.25, -0.2) is 18.6 Å². The minimum absolute atomic E-state index is 0.00206. The van der Waals surface area contributed by atoms with Crippen LogP contribution >= 0.6 is 11.8 Å². The van der Waals surface area contributed by atoms with Crippen molar-refractivity contribution in [3.8, 4) is 5.69 Å². The maximum atomic E-state index is 14.6. The van der Waals surface area contributed by atoms with Gasteiger partial charge in [-0.05, 0) is 24.3 Å². The molecule has 1 N–H and O–H groups in total. The molecule has 12 heteroatoms. The molecular formula is C22H17F2N5O4S. The summed E-state index contributed by atoms with van der Waals surface area (Å²) in [4.78, 5) is 54.0. The lowest BCUT2D eigenvalue weighted by Crippen LogP contribution is -2.38. The van der Waals surface area contributed by atoms with E-state index in [-0.39, 0.29) is 27.8 Å². The lowest BCUT2D eigenvalue weighted by molar-refractivity contribution is -0.113. The first-order valence-corrected chi connectivity index (χ1v) is 10.8. The molecule has 0 radical (unpaired) electrons. The summed E-state index contributed by atoms with van der Waals surface area (Å²) in [6.07, 6.45) is 0. The van der Waals surface area contributed by atoms with Crippen LogP contribution in [0.25, 0.3) is 16.6 Å². The minimum atomic E-state index is -0.972. The van der Waals surface area contributed by atoms with Gasteiger partial charge >= 0.3 is 5.69 Å². The molecule has 0 spiro atoms. The molecule has 0 fully saturated rings. The number of fused-ring (bicyclic) bond motifs is 1. The smallest absolute Gasteiger partial charge is 0.311 e. The normalized spacial score (nSPS) is 11.1. The number of para-hydroxylation sites is 1. The third kappa shape index (κ3) is 4.27. The molecule has 1 amide bonds. The van der Waals surface area contributed by atoms with Crippen LogP contribution in [-0.4, -0.2) is 30.3 Å². The van der Waals surface area contributed by atoms with E-state index in [0.717, 1.165) is 43.7 Å². The Kier molecular flexibility index (Phi) is 6.16. The molecule has 2 heterocycles.